The van der Waals surface area contributed by atoms with E-state index in [0.29, 0.717) is 18.0 Å². The van der Waals surface area contributed by atoms with E-state index >= 15 is 0 Å². The Morgan fingerprint density at radius 1 is 1.04 bits per heavy atom. The number of hydrogen-bond donors (Lipinski definition) is 0. The van der Waals surface area contributed by atoms with Crippen LogP contribution in [0.5, 0.6) is 0 Å². The van der Waals surface area contributed by atoms with Crippen LogP contribution in [0.1, 0.15) is 18.4 Å². The van der Waals surface area contributed by atoms with E-state index in [1.54, 1.807) is 11.8 Å². The van der Waals surface area contributed by atoms with Gasteiger partial charge in [0.1, 0.15) is 0 Å². The third-order valence-electron chi connectivity index (χ3n) is 3.67. The van der Waals surface area contributed by atoms with Gasteiger partial charge < -0.3 is 0 Å². The van der Waals surface area contributed by atoms with Crippen molar-refractivity contribution in [2.75, 3.05) is 5.75 Å². The fourth-order valence-corrected chi connectivity index (χ4v) is 3.43. The maximum absolute atomic E-state index is 8.68. The molecule has 0 radical (unpaired) electrons. The van der Waals surface area contributed by atoms with Gasteiger partial charge in [-0.05, 0) is 36.2 Å². The van der Waals surface area contributed by atoms with Crippen molar-refractivity contribution in [3.8, 4) is 17.5 Å². The Bertz CT molecular complexity index is 853. The van der Waals surface area contributed by atoms with Crippen molar-refractivity contribution in [3.05, 3.63) is 65.2 Å². The maximum atomic E-state index is 8.68. The fraction of sp³-hybridized carbons (Fsp3) is 0.211. The van der Waals surface area contributed by atoms with Crippen molar-refractivity contribution >= 4 is 23.4 Å². The van der Waals surface area contributed by atoms with Crippen LogP contribution in [-0.4, -0.2) is 20.5 Å². The van der Waals surface area contributed by atoms with Gasteiger partial charge in [0.15, 0.2) is 11.0 Å². The third kappa shape index (κ3) is 4.62. The van der Waals surface area contributed by atoms with Gasteiger partial charge in [-0.2, -0.15) is 5.26 Å². The molecule has 0 saturated carbocycles. The number of thioether (sulfide) groups is 1. The van der Waals surface area contributed by atoms with Gasteiger partial charge in [-0.3, -0.25) is 4.57 Å². The first-order chi connectivity index (χ1) is 12.3. The van der Waals surface area contributed by atoms with Crippen LogP contribution in [0.25, 0.3) is 11.4 Å². The average molecular weight is 369 g/mol. The normalized spacial score (nSPS) is 10.6. The molecule has 0 fully saturated rings. The smallest absolute Gasteiger partial charge is 0.191 e. The van der Waals surface area contributed by atoms with Crippen LogP contribution in [0.2, 0.25) is 5.02 Å². The summed E-state index contributed by atoms with van der Waals surface area (Å²) < 4.78 is 2.12. The Balaban J connectivity index is 1.90. The van der Waals surface area contributed by atoms with Crippen LogP contribution < -0.4 is 0 Å². The van der Waals surface area contributed by atoms with Crippen LogP contribution in [0.4, 0.5) is 0 Å². The highest BCUT2D eigenvalue weighted by molar-refractivity contribution is 7.99. The lowest BCUT2D eigenvalue weighted by atomic mass is 10.2. The molecule has 1 heterocycles. The fourth-order valence-electron chi connectivity index (χ4n) is 2.43. The summed E-state index contributed by atoms with van der Waals surface area (Å²) >= 11 is 7.64. The molecule has 4 nitrogen and oxygen atoms in total. The van der Waals surface area contributed by atoms with Crippen LogP contribution in [0.15, 0.2) is 59.8 Å². The van der Waals surface area contributed by atoms with Crippen molar-refractivity contribution < 1.29 is 0 Å². The molecule has 126 valence electrons. The first-order valence-corrected chi connectivity index (χ1v) is 9.37. The Kier molecular flexibility index (Phi) is 6.10. The highest BCUT2D eigenvalue weighted by Gasteiger charge is 2.14. The lowest BCUT2D eigenvalue weighted by Crippen LogP contribution is -2.04. The number of unbranched alkanes of at least 4 members (excludes halogenated alkanes) is 1. The number of aromatic nitrogens is 3. The van der Waals surface area contributed by atoms with E-state index in [9.17, 15) is 0 Å². The summed E-state index contributed by atoms with van der Waals surface area (Å²) in [6.45, 7) is 0.701. The molecule has 3 rings (SSSR count). The molecule has 0 saturated heterocycles. The first kappa shape index (κ1) is 17.5. The second-order valence-electron chi connectivity index (χ2n) is 5.49. The number of nitriles is 1. The summed E-state index contributed by atoms with van der Waals surface area (Å²) in [6.07, 6.45) is 1.40. The average Bonchev–Trinajstić information content (AvgIpc) is 3.03. The third-order valence-corrected chi connectivity index (χ3v) is 4.97. The van der Waals surface area contributed by atoms with E-state index in [1.807, 2.05) is 42.5 Å². The molecule has 0 aliphatic heterocycles. The van der Waals surface area contributed by atoms with Gasteiger partial charge in [-0.1, -0.05) is 53.7 Å². The second kappa shape index (κ2) is 8.70. The Labute approximate surface area is 156 Å². The van der Waals surface area contributed by atoms with Gasteiger partial charge in [-0.15, -0.1) is 10.2 Å². The van der Waals surface area contributed by atoms with E-state index in [4.69, 9.17) is 16.9 Å². The monoisotopic (exact) mass is 368 g/mol. The molecule has 3 aromatic rings. The van der Waals surface area contributed by atoms with E-state index in [1.165, 1.54) is 5.56 Å². The topological polar surface area (TPSA) is 54.5 Å². The molecule has 25 heavy (non-hydrogen) atoms. The van der Waals surface area contributed by atoms with Crippen molar-refractivity contribution in [2.45, 2.75) is 24.5 Å². The zero-order valence-corrected chi connectivity index (χ0v) is 15.2. The lowest BCUT2D eigenvalue weighted by Gasteiger charge is -2.10. The number of halogens is 1. The number of nitrogens with zero attached hydrogens (tertiary/aromatic N) is 4. The zero-order chi connectivity index (χ0) is 17.5. The van der Waals surface area contributed by atoms with Crippen LogP contribution >= 0.6 is 23.4 Å². The molecule has 6 heteroatoms. The largest absolute Gasteiger partial charge is 0.298 e. The number of hydrogen-bond acceptors (Lipinski definition) is 4. The molecule has 0 spiro atoms. The second-order valence-corrected chi connectivity index (χ2v) is 6.99. The summed E-state index contributed by atoms with van der Waals surface area (Å²) in [7, 11) is 0. The zero-order valence-electron chi connectivity index (χ0n) is 13.6. The van der Waals surface area contributed by atoms with E-state index in [2.05, 4.69) is 33.0 Å². The highest BCUT2D eigenvalue weighted by Crippen LogP contribution is 2.26. The molecule has 0 bridgehead atoms. The minimum Gasteiger partial charge on any atom is -0.298 e. The van der Waals surface area contributed by atoms with Gasteiger partial charge in [-0.25, -0.2) is 0 Å². The van der Waals surface area contributed by atoms with Gasteiger partial charge in [0.25, 0.3) is 0 Å². The standard InChI is InChI=1S/C19H17ClN4S/c20-17-10-8-16(9-11-17)18-22-23-19(25-13-5-4-12-21)24(18)14-15-6-2-1-3-7-15/h1-3,6-11H,4-5,13-14H2. The molecule has 2 aromatic carbocycles. The van der Waals surface area contributed by atoms with Crippen LogP contribution in [0.3, 0.4) is 0 Å². The number of benzene rings is 2. The molecule has 0 aliphatic carbocycles. The molecule has 0 unspecified atom stereocenters. The van der Waals surface area contributed by atoms with Gasteiger partial charge in [0.05, 0.1) is 12.6 Å². The predicted octanol–water partition coefficient (Wildman–Crippen LogP) is 5.04. The van der Waals surface area contributed by atoms with E-state index < -0.39 is 0 Å². The van der Waals surface area contributed by atoms with Gasteiger partial charge in [0, 0.05) is 22.8 Å². The minimum absolute atomic E-state index is 0.559. The molecular weight excluding hydrogens is 352 g/mol. The van der Waals surface area contributed by atoms with Crippen molar-refractivity contribution in [1.29, 1.82) is 5.26 Å². The summed E-state index contributed by atoms with van der Waals surface area (Å²) in [4.78, 5) is 0. The molecule has 0 atom stereocenters. The summed E-state index contributed by atoms with van der Waals surface area (Å²) in [5.74, 6) is 1.67. The lowest BCUT2D eigenvalue weighted by molar-refractivity contribution is 0.714. The summed E-state index contributed by atoms with van der Waals surface area (Å²) in [5.41, 5.74) is 2.17. The van der Waals surface area contributed by atoms with Crippen LogP contribution in [-0.2, 0) is 6.54 Å². The van der Waals surface area contributed by atoms with Crippen molar-refractivity contribution in [2.24, 2.45) is 0 Å². The van der Waals surface area contributed by atoms with E-state index in [0.717, 1.165) is 28.7 Å². The molecule has 0 N–H and O–H groups in total. The minimum atomic E-state index is 0.559. The van der Waals surface area contributed by atoms with Crippen LogP contribution in [0, 0.1) is 11.3 Å². The summed E-state index contributed by atoms with van der Waals surface area (Å²) in [5, 5.41) is 19.0. The van der Waals surface area contributed by atoms with Crippen molar-refractivity contribution in [1.82, 2.24) is 14.8 Å². The summed E-state index contributed by atoms with van der Waals surface area (Å²) in [6, 6.07) is 20.1. The Morgan fingerprint density at radius 2 is 1.80 bits per heavy atom. The Hall–Kier alpha value is -2.29. The number of rotatable bonds is 7. The first-order valence-electron chi connectivity index (χ1n) is 8.01. The SMILES string of the molecule is N#CCCCSc1nnc(-c2ccc(Cl)cc2)n1Cc1ccccc1. The molecule has 0 amide bonds. The molecular formula is C19H17ClN4S. The van der Waals surface area contributed by atoms with E-state index in [-0.39, 0.29) is 0 Å². The molecule has 0 aliphatic rings. The van der Waals surface area contributed by atoms with Gasteiger partial charge in [0.2, 0.25) is 0 Å². The predicted molar refractivity (Wildman–Crippen MR) is 102 cm³/mol. The molecule has 1 aromatic heterocycles. The highest BCUT2D eigenvalue weighted by atomic mass is 35.5. The van der Waals surface area contributed by atoms with Gasteiger partial charge >= 0.3 is 0 Å². The Morgan fingerprint density at radius 3 is 2.52 bits per heavy atom. The quantitative estimate of drug-likeness (QED) is 0.433. The van der Waals surface area contributed by atoms with Crippen molar-refractivity contribution in [3.63, 3.8) is 0 Å². The maximum Gasteiger partial charge on any atom is 0.191 e.